The third-order valence-electron chi connectivity index (χ3n) is 10.3. The highest BCUT2D eigenvalue weighted by Gasteiger charge is 2.22. The molecular weight excluding hydrogens is 655 g/mol. The Kier molecular flexibility index (Phi) is 6.42. The maximum atomic E-state index is 6.99. The molecule has 0 bridgehead atoms. The first-order valence-electron chi connectivity index (χ1n) is 17.5. The van der Waals surface area contributed by atoms with Gasteiger partial charge in [-0.05, 0) is 82.9 Å². The van der Waals surface area contributed by atoms with Crippen LogP contribution in [0.1, 0.15) is 0 Å². The second-order valence-electron chi connectivity index (χ2n) is 13.2. The van der Waals surface area contributed by atoms with Crippen LogP contribution in [0.3, 0.4) is 0 Å². The van der Waals surface area contributed by atoms with Gasteiger partial charge in [0.05, 0.1) is 11.1 Å². The van der Waals surface area contributed by atoms with Gasteiger partial charge >= 0.3 is 0 Å². The normalized spacial score (nSPS) is 11.8. The molecule has 0 spiro atoms. The van der Waals surface area contributed by atoms with Crippen molar-refractivity contribution in [2.45, 2.75) is 0 Å². The van der Waals surface area contributed by atoms with E-state index in [0.717, 1.165) is 60.9 Å². The van der Waals surface area contributed by atoms with Crippen LogP contribution in [0.4, 0.5) is 17.1 Å². The minimum absolute atomic E-state index is 0.826. The summed E-state index contributed by atoms with van der Waals surface area (Å²) in [6.45, 7) is 0. The molecule has 4 heteroatoms. The maximum Gasteiger partial charge on any atom is 0.159 e. The van der Waals surface area contributed by atoms with Gasteiger partial charge in [0.15, 0.2) is 5.58 Å². The van der Waals surface area contributed by atoms with Crippen LogP contribution in [0.25, 0.3) is 86.3 Å². The Balaban J connectivity index is 1.14. The second kappa shape index (κ2) is 11.5. The molecule has 11 rings (SSSR count). The van der Waals surface area contributed by atoms with E-state index in [-0.39, 0.29) is 0 Å². The summed E-state index contributed by atoms with van der Waals surface area (Å²) in [5.74, 6) is 0. The van der Waals surface area contributed by atoms with Gasteiger partial charge in [-0.15, -0.1) is 11.3 Å². The average molecular weight is 684 g/mol. The SMILES string of the molecule is c1ccc(-c2ccccc2-c2ccc(N(c3ccc4sc5ccccc5c4c3)c3cccc4c3oc3c4ccc4oc5ccccc5c43)cc2)cc1. The zero-order valence-corrected chi connectivity index (χ0v) is 28.7. The van der Waals surface area contributed by atoms with Crippen molar-refractivity contribution >= 4 is 92.4 Å². The maximum absolute atomic E-state index is 6.99. The first-order chi connectivity index (χ1) is 25.8. The molecule has 3 heterocycles. The van der Waals surface area contributed by atoms with E-state index in [1.54, 1.807) is 0 Å². The van der Waals surface area contributed by atoms with Crippen molar-refractivity contribution in [3.8, 4) is 22.3 Å². The van der Waals surface area contributed by atoms with E-state index in [1.807, 2.05) is 23.5 Å². The Morgan fingerprint density at radius 1 is 0.385 bits per heavy atom. The number of furan rings is 2. The van der Waals surface area contributed by atoms with Crippen LogP contribution < -0.4 is 4.90 Å². The van der Waals surface area contributed by atoms with Gasteiger partial charge in [0.1, 0.15) is 16.7 Å². The van der Waals surface area contributed by atoms with Gasteiger partial charge in [-0.1, -0.05) is 115 Å². The molecule has 0 aliphatic rings. The summed E-state index contributed by atoms with van der Waals surface area (Å²) < 4.78 is 15.8. The largest absolute Gasteiger partial charge is 0.456 e. The Hall–Kier alpha value is -6.62. The van der Waals surface area contributed by atoms with E-state index in [9.17, 15) is 0 Å². The Morgan fingerprint density at radius 2 is 1.04 bits per heavy atom. The molecule has 244 valence electrons. The molecule has 0 aliphatic heterocycles. The third kappa shape index (κ3) is 4.45. The lowest BCUT2D eigenvalue weighted by atomic mass is 9.94. The highest BCUT2D eigenvalue weighted by atomic mass is 32.1. The average Bonchev–Trinajstić information content (AvgIpc) is 3.90. The third-order valence-corrected chi connectivity index (χ3v) is 11.4. The molecule has 0 N–H and O–H groups in total. The minimum atomic E-state index is 0.826. The Morgan fingerprint density at radius 3 is 1.88 bits per heavy atom. The highest BCUT2D eigenvalue weighted by Crippen LogP contribution is 2.47. The number of para-hydroxylation sites is 2. The van der Waals surface area contributed by atoms with E-state index >= 15 is 0 Å². The lowest BCUT2D eigenvalue weighted by molar-refractivity contribution is 0.663. The zero-order chi connectivity index (χ0) is 34.2. The number of fused-ring (bicyclic) bond motifs is 10. The first-order valence-corrected chi connectivity index (χ1v) is 18.3. The summed E-state index contributed by atoms with van der Waals surface area (Å²) >= 11 is 1.84. The van der Waals surface area contributed by atoms with Crippen molar-refractivity contribution in [1.82, 2.24) is 0 Å². The Bertz CT molecular complexity index is 3130. The summed E-state index contributed by atoms with van der Waals surface area (Å²) in [5, 5.41) is 6.73. The van der Waals surface area contributed by atoms with E-state index < -0.39 is 0 Å². The molecule has 0 saturated heterocycles. The van der Waals surface area contributed by atoms with Gasteiger partial charge in [-0.2, -0.15) is 0 Å². The molecule has 3 nitrogen and oxygen atoms in total. The monoisotopic (exact) mass is 683 g/mol. The van der Waals surface area contributed by atoms with Crippen molar-refractivity contribution < 1.29 is 8.83 Å². The number of hydrogen-bond donors (Lipinski definition) is 0. The van der Waals surface area contributed by atoms with Gasteiger partial charge in [-0.25, -0.2) is 0 Å². The molecule has 8 aromatic carbocycles. The summed E-state index contributed by atoms with van der Waals surface area (Å²) in [6, 6.07) is 62.5. The summed E-state index contributed by atoms with van der Waals surface area (Å²) in [4.78, 5) is 2.34. The van der Waals surface area contributed by atoms with Crippen LogP contribution >= 0.6 is 11.3 Å². The number of hydrogen-bond acceptors (Lipinski definition) is 4. The van der Waals surface area contributed by atoms with Gasteiger partial charge < -0.3 is 13.7 Å². The quantitative estimate of drug-likeness (QED) is 0.181. The van der Waals surface area contributed by atoms with Gasteiger partial charge in [0, 0.05) is 47.7 Å². The summed E-state index contributed by atoms with van der Waals surface area (Å²) in [5.41, 5.74) is 11.3. The second-order valence-corrected chi connectivity index (χ2v) is 14.3. The molecule has 52 heavy (non-hydrogen) atoms. The summed E-state index contributed by atoms with van der Waals surface area (Å²) in [7, 11) is 0. The van der Waals surface area contributed by atoms with Crippen LogP contribution in [-0.4, -0.2) is 0 Å². The van der Waals surface area contributed by atoms with Crippen molar-refractivity contribution in [2.24, 2.45) is 0 Å². The fourth-order valence-electron chi connectivity index (χ4n) is 7.90. The number of anilines is 3. The van der Waals surface area contributed by atoms with Crippen LogP contribution in [-0.2, 0) is 0 Å². The van der Waals surface area contributed by atoms with E-state index in [0.29, 0.717) is 0 Å². The fraction of sp³-hybridized carbons (Fsp3) is 0. The summed E-state index contributed by atoms with van der Waals surface area (Å²) in [6.07, 6.45) is 0. The molecule has 0 aliphatic carbocycles. The van der Waals surface area contributed by atoms with Crippen molar-refractivity contribution in [3.63, 3.8) is 0 Å². The number of nitrogens with zero attached hydrogens (tertiary/aromatic N) is 1. The molecule has 3 aromatic heterocycles. The van der Waals surface area contributed by atoms with E-state index in [2.05, 4.69) is 169 Å². The molecule has 0 fully saturated rings. The van der Waals surface area contributed by atoms with Crippen molar-refractivity contribution in [3.05, 3.63) is 176 Å². The molecule has 0 atom stereocenters. The van der Waals surface area contributed by atoms with Crippen LogP contribution in [0, 0.1) is 0 Å². The topological polar surface area (TPSA) is 29.5 Å². The van der Waals surface area contributed by atoms with Crippen LogP contribution in [0.15, 0.2) is 185 Å². The smallest absolute Gasteiger partial charge is 0.159 e. The van der Waals surface area contributed by atoms with Gasteiger partial charge in [0.25, 0.3) is 0 Å². The highest BCUT2D eigenvalue weighted by molar-refractivity contribution is 7.25. The lowest BCUT2D eigenvalue weighted by Gasteiger charge is -2.26. The van der Waals surface area contributed by atoms with Gasteiger partial charge in [0.2, 0.25) is 0 Å². The number of rotatable bonds is 5. The lowest BCUT2D eigenvalue weighted by Crippen LogP contribution is -2.10. The minimum Gasteiger partial charge on any atom is -0.456 e. The predicted octanol–water partition coefficient (Wildman–Crippen LogP) is 14.7. The van der Waals surface area contributed by atoms with E-state index in [1.165, 1.54) is 42.4 Å². The van der Waals surface area contributed by atoms with E-state index in [4.69, 9.17) is 8.83 Å². The molecule has 0 amide bonds. The Labute approximate surface area is 303 Å². The van der Waals surface area contributed by atoms with Gasteiger partial charge in [-0.3, -0.25) is 0 Å². The standard InChI is InChI=1S/C48H29NO2S/c1-2-11-30(12-3-1)34-13-4-5-14-35(34)31-21-23-32(24-22-31)49(33-25-28-45-40(29-33)36-15-7-9-20-44(36)52-45)41-18-10-17-37-38-26-27-43-46(48(38)51-47(37)41)39-16-6-8-19-42(39)50-43/h1-29H. The fourth-order valence-corrected chi connectivity index (χ4v) is 8.99. The first kappa shape index (κ1) is 29.1. The molecule has 11 aromatic rings. The van der Waals surface area contributed by atoms with Crippen molar-refractivity contribution in [2.75, 3.05) is 4.90 Å². The van der Waals surface area contributed by atoms with Crippen molar-refractivity contribution in [1.29, 1.82) is 0 Å². The zero-order valence-electron chi connectivity index (χ0n) is 27.9. The number of thiophene rings is 1. The molecule has 0 unspecified atom stereocenters. The van der Waals surface area contributed by atoms with Crippen LogP contribution in [0.5, 0.6) is 0 Å². The predicted molar refractivity (Wildman–Crippen MR) is 219 cm³/mol. The molecule has 0 radical (unpaired) electrons. The molecule has 0 saturated carbocycles. The number of benzene rings is 8. The molecular formula is C48H29NO2S. The van der Waals surface area contributed by atoms with Crippen LogP contribution in [0.2, 0.25) is 0 Å².